The fourth-order valence-corrected chi connectivity index (χ4v) is 3.77. The van der Waals surface area contributed by atoms with Crippen molar-refractivity contribution in [2.24, 2.45) is 0 Å². The van der Waals surface area contributed by atoms with Crippen molar-refractivity contribution in [3.8, 4) is 5.75 Å². The topological polar surface area (TPSA) is 100 Å². The molecule has 4 aromatic rings. The zero-order valence-electron chi connectivity index (χ0n) is 19.1. The van der Waals surface area contributed by atoms with Crippen LogP contribution in [0.25, 0.3) is 0 Å². The Morgan fingerprint density at radius 2 is 1.91 bits per heavy atom. The predicted octanol–water partition coefficient (Wildman–Crippen LogP) is 4.60. The zero-order chi connectivity index (χ0) is 23.7. The Morgan fingerprint density at radius 1 is 1.12 bits per heavy atom. The third-order valence-electron chi connectivity index (χ3n) is 5.37. The quantitative estimate of drug-likeness (QED) is 0.425. The summed E-state index contributed by atoms with van der Waals surface area (Å²) in [5, 5.41) is 16.5. The van der Waals surface area contributed by atoms with E-state index in [4.69, 9.17) is 20.9 Å². The zero-order valence-corrected chi connectivity index (χ0v) is 19.9. The van der Waals surface area contributed by atoms with Gasteiger partial charge in [0.15, 0.2) is 5.69 Å². The molecule has 1 aromatic carbocycles. The number of hydrogen-bond acceptors (Lipinski definition) is 6. The Labute approximate surface area is 196 Å². The number of carbonyl (C=O) groups excluding carboxylic acids is 1. The molecule has 0 saturated heterocycles. The number of aromatic nitrogens is 5. The number of amides is 1. The van der Waals surface area contributed by atoms with Gasteiger partial charge in [0.05, 0.1) is 28.3 Å². The highest BCUT2D eigenvalue weighted by Gasteiger charge is 2.23. The van der Waals surface area contributed by atoms with Crippen LogP contribution < -0.4 is 10.1 Å². The van der Waals surface area contributed by atoms with Crippen LogP contribution in [0.4, 0.5) is 5.69 Å². The molecule has 10 heteroatoms. The minimum absolute atomic E-state index is 0.119. The van der Waals surface area contributed by atoms with Gasteiger partial charge in [-0.2, -0.15) is 10.2 Å². The fraction of sp³-hybridized carbons (Fsp3) is 0.304. The molecule has 1 N–H and O–H groups in total. The van der Waals surface area contributed by atoms with E-state index in [1.807, 2.05) is 43.1 Å². The lowest BCUT2D eigenvalue weighted by Gasteiger charge is -2.09. The average Bonchev–Trinajstić information content (AvgIpc) is 3.37. The maximum absolute atomic E-state index is 13.1. The first-order valence-corrected chi connectivity index (χ1v) is 10.8. The van der Waals surface area contributed by atoms with Crippen LogP contribution in [0.5, 0.6) is 5.75 Å². The summed E-state index contributed by atoms with van der Waals surface area (Å²) in [7, 11) is 0. The van der Waals surface area contributed by atoms with Gasteiger partial charge in [0.2, 0.25) is 0 Å². The highest BCUT2D eigenvalue weighted by molar-refractivity contribution is 6.30. The summed E-state index contributed by atoms with van der Waals surface area (Å²) < 4.78 is 14.7. The summed E-state index contributed by atoms with van der Waals surface area (Å²) in [6.45, 7) is 10.00. The van der Waals surface area contributed by atoms with Crippen molar-refractivity contribution in [1.29, 1.82) is 0 Å². The Hall–Kier alpha value is -3.59. The Bertz CT molecular complexity index is 1320. The van der Waals surface area contributed by atoms with Gasteiger partial charge in [-0.15, -0.1) is 0 Å². The molecule has 4 rings (SSSR count). The average molecular weight is 469 g/mol. The maximum Gasteiger partial charge on any atom is 0.278 e. The van der Waals surface area contributed by atoms with Gasteiger partial charge in [0.1, 0.15) is 24.8 Å². The van der Waals surface area contributed by atoms with Gasteiger partial charge in [0, 0.05) is 10.7 Å². The van der Waals surface area contributed by atoms with E-state index in [0.717, 1.165) is 17.1 Å². The number of hydrogen-bond donors (Lipinski definition) is 1. The number of nitrogens with zero attached hydrogens (tertiary/aromatic N) is 5. The summed E-state index contributed by atoms with van der Waals surface area (Å²) in [6.07, 6.45) is 0. The molecule has 0 aliphatic heterocycles. The molecule has 0 aliphatic carbocycles. The van der Waals surface area contributed by atoms with Crippen LogP contribution >= 0.6 is 11.6 Å². The largest absolute Gasteiger partial charge is 0.489 e. The number of carbonyl (C=O) groups is 1. The molecular weight excluding hydrogens is 444 g/mol. The minimum atomic E-state index is -0.395. The van der Waals surface area contributed by atoms with E-state index in [1.165, 1.54) is 0 Å². The van der Waals surface area contributed by atoms with Crippen molar-refractivity contribution < 1.29 is 14.1 Å². The molecule has 33 heavy (non-hydrogen) atoms. The molecule has 0 aliphatic rings. The van der Waals surface area contributed by atoms with Crippen molar-refractivity contribution in [3.05, 3.63) is 75.1 Å². The number of nitrogens with one attached hydrogen (secondary N) is 1. The molecule has 0 atom stereocenters. The van der Waals surface area contributed by atoms with E-state index in [1.54, 1.807) is 31.2 Å². The van der Waals surface area contributed by atoms with Gasteiger partial charge >= 0.3 is 0 Å². The van der Waals surface area contributed by atoms with Gasteiger partial charge < -0.3 is 14.6 Å². The lowest BCUT2D eigenvalue weighted by atomic mass is 10.2. The molecule has 0 saturated carbocycles. The summed E-state index contributed by atoms with van der Waals surface area (Å²) in [6, 6.07) is 9.05. The van der Waals surface area contributed by atoms with E-state index >= 15 is 0 Å². The van der Waals surface area contributed by atoms with Gasteiger partial charge in [-0.25, -0.2) is 9.36 Å². The van der Waals surface area contributed by atoms with Crippen molar-refractivity contribution in [2.45, 2.75) is 47.9 Å². The first kappa shape index (κ1) is 22.6. The molecule has 1 amide bonds. The second-order valence-corrected chi connectivity index (χ2v) is 8.32. The Kier molecular flexibility index (Phi) is 6.24. The van der Waals surface area contributed by atoms with Crippen LogP contribution in [-0.4, -0.2) is 30.6 Å². The highest BCUT2D eigenvalue weighted by atomic mass is 35.5. The van der Waals surface area contributed by atoms with E-state index in [9.17, 15) is 4.79 Å². The number of anilines is 1. The van der Waals surface area contributed by atoms with Gasteiger partial charge in [-0.1, -0.05) is 22.8 Å². The second-order valence-electron chi connectivity index (χ2n) is 7.88. The Balaban J connectivity index is 1.52. The normalized spacial score (nSPS) is 11.1. The summed E-state index contributed by atoms with van der Waals surface area (Å²) >= 11 is 6.01. The van der Waals surface area contributed by atoms with Gasteiger partial charge in [0.25, 0.3) is 5.91 Å². The fourth-order valence-electron chi connectivity index (χ4n) is 3.59. The second kappa shape index (κ2) is 9.11. The molecule has 0 spiro atoms. The molecule has 172 valence electrons. The van der Waals surface area contributed by atoms with Gasteiger partial charge in [-0.3, -0.25) is 4.79 Å². The van der Waals surface area contributed by atoms with Crippen LogP contribution in [0.3, 0.4) is 0 Å². The van der Waals surface area contributed by atoms with Crippen molar-refractivity contribution in [2.75, 3.05) is 5.32 Å². The van der Waals surface area contributed by atoms with E-state index in [0.29, 0.717) is 40.1 Å². The van der Waals surface area contributed by atoms with Crippen molar-refractivity contribution >= 4 is 23.2 Å². The summed E-state index contributed by atoms with van der Waals surface area (Å²) in [5.74, 6) is 0.704. The number of ether oxygens (including phenoxy) is 1. The third kappa shape index (κ3) is 4.78. The SMILES string of the molecule is Cc1cc(C)n(Cn2nc(C)c(NC(=O)c3noc(C)c3COc3cccc(Cl)c3)c2C)n1. The predicted molar refractivity (Wildman–Crippen MR) is 124 cm³/mol. The maximum atomic E-state index is 13.1. The number of halogens is 1. The minimum Gasteiger partial charge on any atom is -0.489 e. The van der Waals surface area contributed by atoms with E-state index < -0.39 is 5.91 Å². The standard InChI is InChI=1S/C23H25ClN6O3/c1-13-9-14(2)29(26-13)12-30-16(4)21(15(3)27-30)25-23(31)22-20(17(5)33-28-22)11-32-19-8-6-7-18(24)10-19/h6-10H,11-12H2,1-5H3,(H,25,31). The number of rotatable bonds is 7. The lowest BCUT2D eigenvalue weighted by Crippen LogP contribution is -2.17. The molecule has 0 unspecified atom stereocenters. The third-order valence-corrected chi connectivity index (χ3v) is 5.61. The van der Waals surface area contributed by atoms with E-state index in [2.05, 4.69) is 20.7 Å². The smallest absolute Gasteiger partial charge is 0.278 e. The molecule has 9 nitrogen and oxygen atoms in total. The van der Waals surface area contributed by atoms with Crippen LogP contribution in [0.15, 0.2) is 34.9 Å². The first-order valence-electron chi connectivity index (χ1n) is 10.4. The van der Waals surface area contributed by atoms with Crippen LogP contribution in [-0.2, 0) is 13.3 Å². The highest BCUT2D eigenvalue weighted by Crippen LogP contribution is 2.24. The molecule has 0 radical (unpaired) electrons. The van der Waals surface area contributed by atoms with Crippen LogP contribution in [0.1, 0.15) is 44.6 Å². The Morgan fingerprint density at radius 3 is 2.61 bits per heavy atom. The monoisotopic (exact) mass is 468 g/mol. The first-order chi connectivity index (χ1) is 15.7. The van der Waals surface area contributed by atoms with E-state index in [-0.39, 0.29) is 12.3 Å². The lowest BCUT2D eigenvalue weighted by molar-refractivity contribution is 0.101. The molecule has 0 fully saturated rings. The van der Waals surface area contributed by atoms with Crippen molar-refractivity contribution in [1.82, 2.24) is 24.7 Å². The number of benzene rings is 1. The number of aryl methyl sites for hydroxylation is 4. The summed E-state index contributed by atoms with van der Waals surface area (Å²) in [5.41, 5.74) is 4.84. The molecular formula is C23H25ClN6O3. The molecule has 0 bridgehead atoms. The summed E-state index contributed by atoms with van der Waals surface area (Å²) in [4.78, 5) is 13.1. The van der Waals surface area contributed by atoms with Crippen molar-refractivity contribution in [3.63, 3.8) is 0 Å². The van der Waals surface area contributed by atoms with Gasteiger partial charge in [-0.05, 0) is 58.9 Å². The van der Waals surface area contributed by atoms with Crippen LogP contribution in [0, 0.1) is 34.6 Å². The molecule has 3 heterocycles. The van der Waals surface area contributed by atoms with Crippen LogP contribution in [0.2, 0.25) is 5.02 Å². The molecule has 3 aromatic heterocycles.